The number of benzene rings is 2. The molecule has 0 amide bonds. The van der Waals surface area contributed by atoms with Crippen molar-refractivity contribution < 1.29 is 142 Å². The van der Waals surface area contributed by atoms with Crippen LogP contribution in [0.5, 0.6) is 0 Å². The molecule has 11 rings (SSSR count). The minimum absolute atomic E-state index is 0.0740. The number of ether oxygens (including phenoxy) is 12. The normalized spacial score (nSPS) is 44.3. The highest BCUT2D eigenvalue weighted by molar-refractivity contribution is 5.90. The highest BCUT2D eigenvalue weighted by Gasteiger charge is 2.74. The van der Waals surface area contributed by atoms with E-state index < -0.39 is 242 Å². The molecule has 0 bridgehead atoms. The number of carboxylic acid groups (broad SMARTS) is 1. The average Bonchev–Trinajstić information content (AvgIpc) is 0.668. The van der Waals surface area contributed by atoms with E-state index in [1.807, 2.05) is 27.7 Å². The number of hydrogen-bond donors (Lipinski definition) is 12. The smallest absolute Gasteiger partial charge is 0.338 e. The summed E-state index contributed by atoms with van der Waals surface area (Å²) in [5, 5.41) is 136. The van der Waals surface area contributed by atoms with Crippen LogP contribution in [-0.4, -0.2) is 259 Å². The molecule has 8 fully saturated rings. The molecule has 31 atom stereocenters. The van der Waals surface area contributed by atoms with Crippen molar-refractivity contribution in [2.75, 3.05) is 26.4 Å². The molecule has 4 saturated carbocycles. The zero-order chi connectivity index (χ0) is 74.2. The third-order valence-electron chi connectivity index (χ3n) is 25.1. The summed E-state index contributed by atoms with van der Waals surface area (Å²) in [6.07, 6.45) is -33.7. The molecule has 29 heteroatoms. The molecule has 2 aromatic carbocycles. The van der Waals surface area contributed by atoms with E-state index in [0.29, 0.717) is 32.1 Å². The third kappa shape index (κ3) is 13.9. The number of esters is 4. The second kappa shape index (κ2) is 29.8. The summed E-state index contributed by atoms with van der Waals surface area (Å²) >= 11 is 0. The summed E-state index contributed by atoms with van der Waals surface area (Å²) < 4.78 is 73.0. The zero-order valence-electron chi connectivity index (χ0n) is 59.0. The van der Waals surface area contributed by atoms with Gasteiger partial charge in [0.2, 0.25) is 0 Å². The Hall–Kier alpha value is -5.23. The van der Waals surface area contributed by atoms with E-state index >= 15 is 0 Å². The van der Waals surface area contributed by atoms with Gasteiger partial charge in [-0.15, -0.1) is 0 Å². The third-order valence-corrected chi connectivity index (χ3v) is 25.1. The van der Waals surface area contributed by atoms with E-state index in [4.69, 9.17) is 56.8 Å². The molecule has 0 spiro atoms. The van der Waals surface area contributed by atoms with E-state index in [9.17, 15) is 85.3 Å². The molecular weight excluding hydrogens is 1340 g/mol. The second-order valence-corrected chi connectivity index (χ2v) is 31.7. The molecule has 12 N–H and O–H groups in total. The first-order valence-corrected chi connectivity index (χ1v) is 35.3. The number of aliphatic hydroxyl groups is 11. The van der Waals surface area contributed by atoms with Crippen LogP contribution in [0.4, 0.5) is 0 Å². The molecule has 2 aromatic rings. The van der Waals surface area contributed by atoms with Gasteiger partial charge in [0.15, 0.2) is 43.5 Å². The van der Waals surface area contributed by atoms with Crippen LogP contribution in [0.3, 0.4) is 0 Å². The Kier molecular flexibility index (Phi) is 22.8. The van der Waals surface area contributed by atoms with Crippen molar-refractivity contribution >= 4 is 29.8 Å². The molecule has 102 heavy (non-hydrogen) atoms. The molecule has 4 saturated heterocycles. The summed E-state index contributed by atoms with van der Waals surface area (Å²) in [6, 6.07) is 16.2. The zero-order valence-corrected chi connectivity index (χ0v) is 59.0. The molecule has 4 heterocycles. The molecule has 0 radical (unpaired) electrons. The lowest BCUT2D eigenvalue weighted by Crippen LogP contribution is -2.72. The minimum atomic E-state index is -2.15. The lowest BCUT2D eigenvalue weighted by molar-refractivity contribution is -0.392. The first kappa shape index (κ1) is 77.9. The average molecular weight is 1440 g/mol. The van der Waals surface area contributed by atoms with Crippen molar-refractivity contribution in [3.63, 3.8) is 0 Å². The fraction of sp³-hybridized carbons (Fsp3) is 0.740. The number of allylic oxidation sites excluding steroid dienone is 2. The number of aliphatic carboxylic acids is 1. The maximum atomic E-state index is 14.1. The van der Waals surface area contributed by atoms with Crippen LogP contribution >= 0.6 is 0 Å². The van der Waals surface area contributed by atoms with E-state index in [1.54, 1.807) is 48.5 Å². The molecule has 29 nitrogen and oxygen atoms in total. The van der Waals surface area contributed by atoms with Gasteiger partial charge in [0.1, 0.15) is 79.9 Å². The predicted octanol–water partition coefficient (Wildman–Crippen LogP) is 1.59. The van der Waals surface area contributed by atoms with Gasteiger partial charge in [0, 0.05) is 6.92 Å². The minimum Gasteiger partial charge on any atom is -0.479 e. The van der Waals surface area contributed by atoms with Crippen LogP contribution in [0.25, 0.3) is 0 Å². The van der Waals surface area contributed by atoms with Crippen LogP contribution in [-0.2, 0) is 71.2 Å². The van der Waals surface area contributed by atoms with Gasteiger partial charge in [0.05, 0.1) is 66.7 Å². The van der Waals surface area contributed by atoms with Gasteiger partial charge in [-0.3, -0.25) is 9.59 Å². The summed E-state index contributed by atoms with van der Waals surface area (Å²) in [5.74, 6) is -6.74. The topological polar surface area (TPSA) is 439 Å². The molecular formula is C73H102O29. The maximum absolute atomic E-state index is 14.1. The molecule has 1 unspecified atom stereocenters. The number of aliphatic hydroxyl groups excluding tert-OH is 11. The van der Waals surface area contributed by atoms with Gasteiger partial charge in [-0.1, -0.05) is 96.5 Å². The van der Waals surface area contributed by atoms with Gasteiger partial charge >= 0.3 is 29.8 Å². The quantitative estimate of drug-likeness (QED) is 0.0411. The van der Waals surface area contributed by atoms with Gasteiger partial charge in [-0.05, 0) is 128 Å². The molecule has 0 aromatic heterocycles. The van der Waals surface area contributed by atoms with Crippen LogP contribution in [0.15, 0.2) is 72.3 Å². The van der Waals surface area contributed by atoms with Crippen molar-refractivity contribution in [3.8, 4) is 0 Å². The Bertz CT molecular complexity index is 3340. The molecule has 568 valence electrons. The number of carbonyl (C=O) groups excluding carboxylic acids is 4. The first-order chi connectivity index (χ1) is 48.0. The van der Waals surface area contributed by atoms with Crippen LogP contribution < -0.4 is 0 Å². The van der Waals surface area contributed by atoms with Gasteiger partial charge in [-0.25, -0.2) is 14.4 Å². The fourth-order valence-electron chi connectivity index (χ4n) is 18.9. The largest absolute Gasteiger partial charge is 0.479 e. The fourth-order valence-corrected chi connectivity index (χ4v) is 18.9. The van der Waals surface area contributed by atoms with Crippen LogP contribution in [0.1, 0.15) is 135 Å². The first-order valence-electron chi connectivity index (χ1n) is 35.3. The van der Waals surface area contributed by atoms with Crippen molar-refractivity contribution in [1.82, 2.24) is 0 Å². The van der Waals surface area contributed by atoms with Crippen LogP contribution in [0.2, 0.25) is 0 Å². The van der Waals surface area contributed by atoms with Crippen molar-refractivity contribution in [3.05, 3.63) is 83.4 Å². The number of fused-ring (bicyclic) bond motifs is 7. The highest BCUT2D eigenvalue weighted by atomic mass is 16.8. The summed E-state index contributed by atoms with van der Waals surface area (Å²) in [5.41, 5.74) is -3.90. The Labute approximate surface area is 591 Å². The van der Waals surface area contributed by atoms with Crippen LogP contribution in [0, 0.1) is 56.2 Å². The number of carboxylic acids is 1. The Morgan fingerprint density at radius 3 is 1.87 bits per heavy atom. The Balaban J connectivity index is 0.856. The number of hydrogen-bond acceptors (Lipinski definition) is 28. The van der Waals surface area contributed by atoms with E-state index in [1.165, 1.54) is 32.9 Å². The standard InChI is InChI=1S/C73H102O29/c1-33(34(2)94-62(89)36-17-13-11-14-18-36)61(88)98-54-42(95-63(90)37-19-15-12-16-20-37)31-92-65(53(54)84)102-59-58(85)73(32-93-35(3)75)39(27-68(59,4)5)38-21-22-44-70(8)25-24-46(69(6,7)43(70)23-26-71(44,9)72(38,10)28-45(73)77)97-67-57(101-66-51(82)49(80)48(79)41(29-74)96-66)55(52(83)56(100-67)60(86)87)99-64-50(81)47(78)40(76)30-91-64/h11-21,33-34,39-59,64-67,74,76-85H,22-32H2,1-10H3,(H,86,87)/t33-,34+,39?,40-,41-,42+,43+,44-,45-,46+,47+,48+,49+,50-,51-,52+,53-,54+,55+,56+,57-,58+,59+,64+,65+,66+,67-,70+,71-,72-,73+/m1/s1. The SMILES string of the molecule is CC(=O)OC[C@@]12C(CC(C)(C)[C@@H](O[C@@H]3OC[C@H](OC(=O)c4ccccc4)[C@H](OC(=O)[C@H](C)[C@H](C)OC(=O)c4ccccc4)[C@H]3O)[C@@H]1O)C1=CC[C@@H]3[C@@]4(C)CC[C@H](O[C@@H]5O[C@H](C(=O)O)[C@@H](O)[C@H](O[C@@H]6OC[C@@H](O)[C@H](O)[C@H]6O)[C@H]5O[C@@H]5O[C@H](CO)[C@H](O)[C@H](O)[C@H]5O)C(C)(C)[C@@H]4CC[C@@]3(C)[C@]1(C)C[C@H]2O. The summed E-state index contributed by atoms with van der Waals surface area (Å²) in [7, 11) is 0. The van der Waals surface area contributed by atoms with Crippen molar-refractivity contribution in [2.45, 2.75) is 255 Å². The lowest BCUT2D eigenvalue weighted by Gasteiger charge is -2.72. The van der Waals surface area contributed by atoms with Crippen molar-refractivity contribution in [1.29, 1.82) is 0 Å². The monoisotopic (exact) mass is 1440 g/mol. The summed E-state index contributed by atoms with van der Waals surface area (Å²) in [4.78, 5) is 66.9. The Morgan fingerprint density at radius 2 is 1.24 bits per heavy atom. The Morgan fingerprint density at radius 1 is 0.618 bits per heavy atom. The highest BCUT2D eigenvalue weighted by Crippen LogP contribution is 2.76. The number of rotatable bonds is 19. The van der Waals surface area contributed by atoms with Gasteiger partial charge < -0.3 is 118 Å². The molecule has 9 aliphatic rings. The van der Waals surface area contributed by atoms with E-state index in [-0.39, 0.29) is 35.8 Å². The van der Waals surface area contributed by atoms with Gasteiger partial charge in [0.25, 0.3) is 0 Å². The molecule has 4 aliphatic heterocycles. The van der Waals surface area contributed by atoms with Crippen molar-refractivity contribution in [2.24, 2.45) is 56.2 Å². The maximum Gasteiger partial charge on any atom is 0.338 e. The summed E-state index contributed by atoms with van der Waals surface area (Å²) in [6.45, 7) is 16.4. The van der Waals surface area contributed by atoms with Gasteiger partial charge in [-0.2, -0.15) is 0 Å². The lowest BCUT2D eigenvalue weighted by atomic mass is 9.33. The second-order valence-electron chi connectivity index (χ2n) is 31.7. The number of carbonyl (C=O) groups is 5. The molecule has 5 aliphatic carbocycles. The van der Waals surface area contributed by atoms with E-state index in [0.717, 1.165) is 5.57 Å². The van der Waals surface area contributed by atoms with E-state index in [2.05, 4.69) is 26.8 Å². The predicted molar refractivity (Wildman–Crippen MR) is 349 cm³/mol.